The summed E-state index contributed by atoms with van der Waals surface area (Å²) in [6.45, 7) is 8.87. The number of nitrogens with zero attached hydrogens (tertiary/aromatic N) is 5. The highest BCUT2D eigenvalue weighted by molar-refractivity contribution is 7.98. The normalized spacial score (nSPS) is 14.9. The summed E-state index contributed by atoms with van der Waals surface area (Å²) in [5.74, 6) is 1.10. The Morgan fingerprint density at radius 1 is 1.29 bits per heavy atom. The van der Waals surface area contributed by atoms with Crippen molar-refractivity contribution in [3.05, 3.63) is 36.0 Å². The van der Waals surface area contributed by atoms with Gasteiger partial charge in [-0.3, -0.25) is 4.79 Å². The zero-order valence-electron chi connectivity index (χ0n) is 20.9. The van der Waals surface area contributed by atoms with Crippen LogP contribution in [0.4, 0.5) is 16.3 Å². The van der Waals surface area contributed by atoms with E-state index in [0.29, 0.717) is 41.9 Å². The molecule has 9 nitrogen and oxygen atoms in total. The highest BCUT2D eigenvalue weighted by Gasteiger charge is 2.28. The number of aromatic nitrogens is 2. The number of benzene rings is 1. The summed E-state index contributed by atoms with van der Waals surface area (Å²) in [4.78, 5) is 39.6. The predicted octanol–water partition coefficient (Wildman–Crippen LogP) is 3.93. The van der Waals surface area contributed by atoms with Crippen molar-refractivity contribution in [3.63, 3.8) is 0 Å². The summed E-state index contributed by atoms with van der Waals surface area (Å²) in [6, 6.07) is 7.41. The smallest absolute Gasteiger partial charge is 0.410 e. The monoisotopic (exact) mass is 487 g/mol. The number of hydrogen-bond acceptors (Lipinski definition) is 8. The van der Waals surface area contributed by atoms with Crippen LogP contribution in [0.2, 0.25) is 0 Å². The van der Waals surface area contributed by atoms with Gasteiger partial charge < -0.3 is 24.2 Å². The quantitative estimate of drug-likeness (QED) is 0.447. The van der Waals surface area contributed by atoms with Gasteiger partial charge in [-0.1, -0.05) is 17.8 Å². The Morgan fingerprint density at radius 3 is 2.71 bits per heavy atom. The number of likely N-dealkylation sites (N-methyl/N-ethyl adjacent to an activating group) is 2. The van der Waals surface area contributed by atoms with E-state index in [-0.39, 0.29) is 12.0 Å². The fourth-order valence-electron chi connectivity index (χ4n) is 3.54. The van der Waals surface area contributed by atoms with Crippen molar-refractivity contribution >= 4 is 35.3 Å². The minimum Gasteiger partial charge on any atom is -0.489 e. The summed E-state index contributed by atoms with van der Waals surface area (Å²) in [7, 11) is 3.60. The van der Waals surface area contributed by atoms with Gasteiger partial charge in [-0.2, -0.15) is 0 Å². The zero-order chi connectivity index (χ0) is 25.0. The molecule has 1 atom stereocenters. The number of rotatable bonds is 6. The molecular weight excluding hydrogens is 454 g/mol. The highest BCUT2D eigenvalue weighted by atomic mass is 32.2. The standard InChI is InChI=1S/C24H33N5O4S/c1-16(15-28(6)23(31)33-24(2,3)4)32-18-10-8-9-17(13-18)29-12-11-27(5)20-19(21(29)30)14-25-22(26-20)34-7/h8-10,13-14,16H,11-12,15H2,1-7H3. The first-order chi connectivity index (χ1) is 16.0. The maximum Gasteiger partial charge on any atom is 0.410 e. The predicted molar refractivity (Wildman–Crippen MR) is 134 cm³/mol. The van der Waals surface area contributed by atoms with E-state index in [1.54, 1.807) is 18.1 Å². The van der Waals surface area contributed by atoms with Crippen molar-refractivity contribution < 1.29 is 19.1 Å². The van der Waals surface area contributed by atoms with Crippen molar-refractivity contribution in [1.82, 2.24) is 14.9 Å². The number of thioether (sulfide) groups is 1. The van der Waals surface area contributed by atoms with Crippen molar-refractivity contribution in [2.24, 2.45) is 0 Å². The van der Waals surface area contributed by atoms with Crippen LogP contribution in [0.1, 0.15) is 38.1 Å². The molecule has 0 saturated carbocycles. The van der Waals surface area contributed by atoms with Crippen molar-refractivity contribution in [2.75, 3.05) is 49.8 Å². The van der Waals surface area contributed by atoms with Gasteiger partial charge in [-0.05, 0) is 46.1 Å². The lowest BCUT2D eigenvalue weighted by Crippen LogP contribution is -2.39. The molecule has 0 radical (unpaired) electrons. The van der Waals surface area contributed by atoms with Gasteiger partial charge in [0.25, 0.3) is 5.91 Å². The Balaban J connectivity index is 1.73. The molecule has 0 bridgehead atoms. The fraction of sp³-hybridized carbons (Fsp3) is 0.500. The third-order valence-electron chi connectivity index (χ3n) is 5.13. The summed E-state index contributed by atoms with van der Waals surface area (Å²) in [6.07, 6.45) is 2.82. The summed E-state index contributed by atoms with van der Waals surface area (Å²) in [5.41, 5.74) is 0.639. The van der Waals surface area contributed by atoms with Crippen molar-refractivity contribution in [3.8, 4) is 5.75 Å². The Morgan fingerprint density at radius 2 is 2.03 bits per heavy atom. The lowest BCUT2D eigenvalue weighted by Gasteiger charge is -2.27. The molecule has 1 unspecified atom stereocenters. The average molecular weight is 488 g/mol. The molecule has 1 aliphatic rings. The Bertz CT molecular complexity index is 1040. The third kappa shape index (κ3) is 6.31. The topological polar surface area (TPSA) is 88.1 Å². The molecule has 184 valence electrons. The SMILES string of the molecule is CSc1ncc2c(n1)N(C)CCN(c1cccc(OC(C)CN(C)C(=O)OC(C)(C)C)c1)C2=O. The second-order valence-electron chi connectivity index (χ2n) is 9.26. The number of amides is 2. The number of hydrogen-bond donors (Lipinski definition) is 0. The van der Waals surface area contributed by atoms with E-state index in [9.17, 15) is 9.59 Å². The molecule has 0 saturated heterocycles. The second kappa shape index (κ2) is 10.5. The maximum atomic E-state index is 13.4. The first-order valence-corrected chi connectivity index (χ1v) is 12.4. The summed E-state index contributed by atoms with van der Waals surface area (Å²) >= 11 is 1.44. The van der Waals surface area contributed by atoms with Gasteiger partial charge >= 0.3 is 6.09 Å². The first kappa shape index (κ1) is 25.6. The second-order valence-corrected chi connectivity index (χ2v) is 10.0. The molecule has 34 heavy (non-hydrogen) atoms. The Kier molecular flexibility index (Phi) is 7.91. The number of carbonyl (C=O) groups excluding carboxylic acids is 2. The fourth-order valence-corrected chi connectivity index (χ4v) is 3.88. The van der Waals surface area contributed by atoms with Crippen molar-refractivity contribution in [2.45, 2.75) is 44.6 Å². The minimum atomic E-state index is -0.557. The van der Waals surface area contributed by atoms with Gasteiger partial charge in [-0.25, -0.2) is 14.8 Å². The third-order valence-corrected chi connectivity index (χ3v) is 5.69. The van der Waals surface area contributed by atoms with Crippen LogP contribution in [0.15, 0.2) is 35.6 Å². The number of anilines is 2. The molecule has 2 aromatic rings. The van der Waals surface area contributed by atoms with Crippen LogP contribution in [-0.2, 0) is 4.74 Å². The van der Waals surface area contributed by atoms with Gasteiger partial charge in [0.1, 0.15) is 28.8 Å². The van der Waals surface area contributed by atoms with E-state index in [2.05, 4.69) is 9.97 Å². The van der Waals surface area contributed by atoms with Gasteiger partial charge in [0, 0.05) is 45.1 Å². The minimum absolute atomic E-state index is 0.151. The number of fused-ring (bicyclic) bond motifs is 1. The molecule has 1 aromatic carbocycles. The van der Waals surface area contributed by atoms with E-state index in [4.69, 9.17) is 9.47 Å². The average Bonchev–Trinajstić information content (AvgIpc) is 2.89. The van der Waals surface area contributed by atoms with Crippen LogP contribution >= 0.6 is 11.8 Å². The summed E-state index contributed by atoms with van der Waals surface area (Å²) < 4.78 is 11.5. The Labute approximate surface area is 205 Å². The number of carbonyl (C=O) groups is 2. The van der Waals surface area contributed by atoms with Gasteiger partial charge in [-0.15, -0.1) is 0 Å². The molecule has 2 amide bonds. The van der Waals surface area contributed by atoms with E-state index >= 15 is 0 Å². The van der Waals surface area contributed by atoms with Gasteiger partial charge in [0.05, 0.1) is 6.54 Å². The molecule has 0 aliphatic carbocycles. The van der Waals surface area contributed by atoms with Crippen LogP contribution in [0.25, 0.3) is 0 Å². The molecular formula is C24H33N5O4S. The van der Waals surface area contributed by atoms with E-state index < -0.39 is 11.7 Å². The lowest BCUT2D eigenvalue weighted by atomic mass is 10.2. The van der Waals surface area contributed by atoms with Crippen molar-refractivity contribution in [1.29, 1.82) is 0 Å². The van der Waals surface area contributed by atoms with Gasteiger partial charge in [0.15, 0.2) is 5.16 Å². The molecule has 0 spiro atoms. The number of ether oxygens (including phenoxy) is 2. The van der Waals surface area contributed by atoms with E-state index in [0.717, 1.165) is 5.69 Å². The maximum absolute atomic E-state index is 13.4. The zero-order valence-corrected chi connectivity index (χ0v) is 21.7. The van der Waals surface area contributed by atoms with E-state index in [1.165, 1.54) is 16.7 Å². The molecule has 1 aliphatic heterocycles. The lowest BCUT2D eigenvalue weighted by molar-refractivity contribution is 0.0237. The molecule has 0 fully saturated rings. The van der Waals surface area contributed by atoms with Crippen LogP contribution < -0.4 is 14.5 Å². The summed E-state index contributed by atoms with van der Waals surface area (Å²) in [5, 5.41) is 0.632. The Hall–Kier alpha value is -3.01. The van der Waals surface area contributed by atoms with Crippen LogP contribution in [0, 0.1) is 0 Å². The first-order valence-electron chi connectivity index (χ1n) is 11.1. The van der Waals surface area contributed by atoms with E-state index in [1.807, 2.05) is 70.2 Å². The molecule has 3 rings (SSSR count). The van der Waals surface area contributed by atoms with Crippen LogP contribution in [0.5, 0.6) is 5.75 Å². The molecule has 10 heteroatoms. The molecule has 2 heterocycles. The van der Waals surface area contributed by atoms with Crippen LogP contribution in [0.3, 0.4) is 0 Å². The molecule has 0 N–H and O–H groups in total. The highest BCUT2D eigenvalue weighted by Crippen LogP contribution is 2.29. The van der Waals surface area contributed by atoms with Gasteiger partial charge in [0.2, 0.25) is 0 Å². The largest absolute Gasteiger partial charge is 0.489 e. The molecule has 1 aromatic heterocycles. The van der Waals surface area contributed by atoms with Crippen LogP contribution in [-0.4, -0.2) is 78.6 Å².